The largest absolute Gasteiger partial charge is 0.354 e. The second-order valence-corrected chi connectivity index (χ2v) is 8.92. The van der Waals surface area contributed by atoms with Crippen molar-refractivity contribution in [3.63, 3.8) is 0 Å². The van der Waals surface area contributed by atoms with E-state index in [9.17, 15) is 17.6 Å². The molecule has 3 N–H and O–H groups in total. The van der Waals surface area contributed by atoms with Gasteiger partial charge in [-0.3, -0.25) is 4.79 Å². The van der Waals surface area contributed by atoms with Crippen molar-refractivity contribution in [2.75, 3.05) is 18.6 Å². The summed E-state index contributed by atoms with van der Waals surface area (Å²) in [5.74, 6) is -1.00. The van der Waals surface area contributed by atoms with Crippen molar-refractivity contribution < 1.29 is 17.6 Å². The van der Waals surface area contributed by atoms with Gasteiger partial charge in [0.2, 0.25) is 5.91 Å². The van der Waals surface area contributed by atoms with Crippen LogP contribution in [-0.2, 0) is 20.0 Å². The van der Waals surface area contributed by atoms with E-state index >= 15 is 0 Å². The van der Waals surface area contributed by atoms with Crippen molar-refractivity contribution in [3.8, 4) is 0 Å². The number of nitrogens with two attached hydrogens (primary N) is 1. The number of sulfone groups is 1. The molecule has 0 saturated carbocycles. The number of rotatable bonds is 7. The van der Waals surface area contributed by atoms with Gasteiger partial charge < -0.3 is 11.1 Å². The zero-order valence-electron chi connectivity index (χ0n) is 13.4. The van der Waals surface area contributed by atoms with Crippen LogP contribution in [0.15, 0.2) is 18.2 Å². The molecule has 130 valence electrons. The molecule has 1 amide bonds. The highest BCUT2D eigenvalue weighted by molar-refractivity contribution is 7.90. The van der Waals surface area contributed by atoms with Crippen molar-refractivity contribution in [1.82, 2.24) is 5.32 Å². The van der Waals surface area contributed by atoms with E-state index in [1.807, 2.05) is 13.8 Å². The van der Waals surface area contributed by atoms with Gasteiger partial charge in [-0.15, -0.1) is 0 Å². The first-order valence-electron chi connectivity index (χ1n) is 7.09. The Morgan fingerprint density at radius 3 is 2.57 bits per heavy atom. The Bertz CT molecular complexity index is 677. The summed E-state index contributed by atoms with van der Waals surface area (Å²) in [4.78, 5) is 12.0. The fourth-order valence-corrected chi connectivity index (χ4v) is 3.15. The van der Waals surface area contributed by atoms with Gasteiger partial charge in [0.05, 0.1) is 11.8 Å². The molecule has 0 aliphatic carbocycles. The van der Waals surface area contributed by atoms with Gasteiger partial charge in [-0.05, 0) is 24.1 Å². The molecule has 1 atom stereocenters. The predicted molar refractivity (Wildman–Crippen MR) is 89.7 cm³/mol. The van der Waals surface area contributed by atoms with Crippen LogP contribution < -0.4 is 11.1 Å². The van der Waals surface area contributed by atoms with Crippen LogP contribution in [0, 0.1) is 5.82 Å². The number of benzene rings is 1. The van der Waals surface area contributed by atoms with Crippen molar-refractivity contribution in [2.45, 2.75) is 31.7 Å². The number of carbonyl (C=O) groups excluding carboxylic acids is 1. The lowest BCUT2D eigenvalue weighted by atomic mass is 9.84. The van der Waals surface area contributed by atoms with Crippen molar-refractivity contribution in [1.29, 1.82) is 0 Å². The van der Waals surface area contributed by atoms with Crippen molar-refractivity contribution in [3.05, 3.63) is 34.6 Å². The number of hydrogen-bond donors (Lipinski definition) is 2. The van der Waals surface area contributed by atoms with Gasteiger partial charge in [0.25, 0.3) is 0 Å². The highest BCUT2D eigenvalue weighted by atomic mass is 35.5. The summed E-state index contributed by atoms with van der Waals surface area (Å²) in [5, 5.41) is 2.97. The van der Waals surface area contributed by atoms with Crippen LogP contribution in [0.2, 0.25) is 5.02 Å². The maximum absolute atomic E-state index is 13.1. The van der Waals surface area contributed by atoms with E-state index in [0.29, 0.717) is 5.56 Å². The third-order valence-corrected chi connectivity index (χ3v) is 4.79. The molecule has 1 aromatic carbocycles. The van der Waals surface area contributed by atoms with Gasteiger partial charge in [-0.25, -0.2) is 12.8 Å². The quantitative estimate of drug-likeness (QED) is 0.769. The first kappa shape index (κ1) is 19.9. The summed E-state index contributed by atoms with van der Waals surface area (Å²) in [5.41, 5.74) is 5.86. The minimum Gasteiger partial charge on any atom is -0.354 e. The van der Waals surface area contributed by atoms with Crippen LogP contribution in [0.3, 0.4) is 0 Å². The van der Waals surface area contributed by atoms with Crippen molar-refractivity contribution >= 4 is 27.3 Å². The lowest BCUT2D eigenvalue weighted by molar-refractivity contribution is -0.122. The Hall–Kier alpha value is -1.18. The first-order valence-corrected chi connectivity index (χ1v) is 9.53. The van der Waals surface area contributed by atoms with Gasteiger partial charge in [0, 0.05) is 23.2 Å². The van der Waals surface area contributed by atoms with Crippen LogP contribution in [0.5, 0.6) is 0 Å². The molecule has 0 radical (unpaired) electrons. The van der Waals surface area contributed by atoms with E-state index in [4.69, 9.17) is 17.3 Å². The molecule has 1 rings (SSSR count). The zero-order chi connectivity index (χ0) is 17.8. The van der Waals surface area contributed by atoms with E-state index in [1.54, 1.807) is 6.07 Å². The number of hydrogen-bond acceptors (Lipinski definition) is 4. The Kier molecular flexibility index (Phi) is 6.56. The van der Waals surface area contributed by atoms with Crippen LogP contribution in [0.1, 0.15) is 25.8 Å². The van der Waals surface area contributed by atoms with Crippen LogP contribution in [-0.4, -0.2) is 38.9 Å². The summed E-state index contributed by atoms with van der Waals surface area (Å²) < 4.78 is 35.3. The third kappa shape index (κ3) is 6.45. The molecule has 8 heteroatoms. The molecule has 1 unspecified atom stereocenters. The summed E-state index contributed by atoms with van der Waals surface area (Å²) >= 11 is 6.05. The van der Waals surface area contributed by atoms with Gasteiger partial charge in [-0.2, -0.15) is 0 Å². The smallest absolute Gasteiger partial charge is 0.236 e. The van der Waals surface area contributed by atoms with Crippen LogP contribution in [0.25, 0.3) is 0 Å². The second kappa shape index (κ2) is 7.59. The highest BCUT2D eigenvalue weighted by Gasteiger charge is 2.25. The van der Waals surface area contributed by atoms with E-state index in [-0.39, 0.29) is 23.7 Å². The molecule has 0 fully saturated rings. The first-order chi connectivity index (χ1) is 10.4. The summed E-state index contributed by atoms with van der Waals surface area (Å²) in [6.07, 6.45) is 1.15. The molecule has 1 aromatic rings. The molecular formula is C15H22ClFN2O3S. The Morgan fingerprint density at radius 2 is 2.04 bits per heavy atom. The van der Waals surface area contributed by atoms with Crippen LogP contribution in [0.4, 0.5) is 4.39 Å². The van der Waals surface area contributed by atoms with Crippen LogP contribution >= 0.6 is 11.6 Å². The molecule has 0 aromatic heterocycles. The van der Waals surface area contributed by atoms with Gasteiger partial charge in [0.15, 0.2) is 0 Å². The van der Waals surface area contributed by atoms with E-state index in [2.05, 4.69) is 5.32 Å². The fourth-order valence-electron chi connectivity index (χ4n) is 2.04. The average Bonchev–Trinajstić information content (AvgIpc) is 2.41. The third-order valence-electron chi connectivity index (χ3n) is 3.50. The summed E-state index contributed by atoms with van der Waals surface area (Å²) in [6, 6.07) is 3.21. The normalized spacial score (nSPS) is 13.7. The SMILES string of the molecule is CC(C)(CNC(=O)C(N)CCS(C)(=O)=O)c1ccc(F)cc1Cl. The summed E-state index contributed by atoms with van der Waals surface area (Å²) in [6.45, 7) is 3.95. The number of nitrogens with one attached hydrogen (secondary N) is 1. The van der Waals surface area contributed by atoms with Gasteiger partial charge >= 0.3 is 0 Å². The van der Waals surface area contributed by atoms with Crippen molar-refractivity contribution in [2.24, 2.45) is 5.73 Å². The minimum atomic E-state index is -3.16. The van der Waals surface area contributed by atoms with E-state index < -0.39 is 33.0 Å². The molecular weight excluding hydrogens is 343 g/mol. The minimum absolute atomic E-state index is 0.0579. The lowest BCUT2D eigenvalue weighted by Crippen LogP contribution is -2.45. The Balaban J connectivity index is 2.66. The molecule has 0 saturated heterocycles. The topological polar surface area (TPSA) is 89.3 Å². The number of carbonyl (C=O) groups is 1. The van der Waals surface area contributed by atoms with Gasteiger partial charge in [0.1, 0.15) is 15.7 Å². The molecule has 0 aliphatic heterocycles. The lowest BCUT2D eigenvalue weighted by Gasteiger charge is -2.27. The number of amides is 1. The molecule has 0 bridgehead atoms. The predicted octanol–water partition coefficient (Wildman–Crippen LogP) is 1.63. The molecule has 0 aliphatic rings. The zero-order valence-corrected chi connectivity index (χ0v) is 15.0. The molecule has 5 nitrogen and oxygen atoms in total. The standard InChI is InChI=1S/C15H22ClFN2O3S/c1-15(2,11-5-4-10(17)8-12(11)16)9-19-14(20)13(18)6-7-23(3,21)22/h4-5,8,13H,6-7,9,18H2,1-3H3,(H,19,20). The fraction of sp³-hybridized carbons (Fsp3) is 0.533. The monoisotopic (exact) mass is 364 g/mol. The summed E-state index contributed by atoms with van der Waals surface area (Å²) in [7, 11) is -3.16. The Morgan fingerprint density at radius 1 is 1.43 bits per heavy atom. The number of halogens is 2. The second-order valence-electron chi connectivity index (χ2n) is 6.25. The highest BCUT2D eigenvalue weighted by Crippen LogP contribution is 2.29. The maximum atomic E-state index is 13.1. The molecule has 23 heavy (non-hydrogen) atoms. The maximum Gasteiger partial charge on any atom is 0.236 e. The van der Waals surface area contributed by atoms with E-state index in [1.165, 1.54) is 12.1 Å². The average molecular weight is 365 g/mol. The molecule has 0 spiro atoms. The Labute approximate surface area is 141 Å². The van der Waals surface area contributed by atoms with E-state index in [0.717, 1.165) is 6.26 Å². The van der Waals surface area contributed by atoms with Gasteiger partial charge in [-0.1, -0.05) is 31.5 Å². The molecule has 0 heterocycles.